The Morgan fingerprint density at radius 2 is 1.94 bits per heavy atom. The van der Waals surface area contributed by atoms with Crippen LogP contribution in [-0.4, -0.2) is 25.9 Å². The van der Waals surface area contributed by atoms with Crippen molar-refractivity contribution in [3.8, 4) is 11.3 Å². The Balaban J connectivity index is 1.69. The minimum absolute atomic E-state index is 0.0961. The molecule has 0 saturated heterocycles. The molecular formula is C19H11F6N5O. The lowest BCUT2D eigenvalue weighted by Crippen LogP contribution is -2.20. The molecule has 0 bridgehead atoms. The summed E-state index contributed by atoms with van der Waals surface area (Å²) in [7, 11) is 0. The van der Waals surface area contributed by atoms with E-state index in [4.69, 9.17) is 0 Å². The molecule has 0 saturated carbocycles. The van der Waals surface area contributed by atoms with E-state index in [-0.39, 0.29) is 16.9 Å². The number of benzene rings is 2. The normalized spacial score (nSPS) is 12.0. The molecular weight excluding hydrogens is 428 g/mol. The number of fused-ring (bicyclic) bond motifs is 1. The molecule has 2 heterocycles. The standard InChI is InChI=1S/C19H11F6N5O/c20-13-3-1-2-11(15(13)19(23,24)25)17(31)27-10-4-5-14-12(6-10)16(29-28-14)9-7-26-30(8-9)18(21)22/h1-8,18H,(H,27,31)(H,28,29). The Kier molecular flexibility index (Phi) is 4.91. The number of anilines is 1. The summed E-state index contributed by atoms with van der Waals surface area (Å²) in [6.45, 7) is -2.84. The second-order valence-electron chi connectivity index (χ2n) is 6.43. The number of alkyl halides is 5. The van der Waals surface area contributed by atoms with Crippen molar-refractivity contribution in [3.63, 3.8) is 0 Å². The molecule has 0 aliphatic rings. The summed E-state index contributed by atoms with van der Waals surface area (Å²) in [5.74, 6) is -2.73. The van der Waals surface area contributed by atoms with Gasteiger partial charge in [-0.2, -0.15) is 32.1 Å². The molecule has 6 nitrogen and oxygen atoms in total. The predicted octanol–water partition coefficient (Wildman–Crippen LogP) is 5.23. The molecule has 2 aromatic heterocycles. The minimum Gasteiger partial charge on any atom is -0.322 e. The number of halogens is 6. The number of aromatic amines is 1. The van der Waals surface area contributed by atoms with Crippen LogP contribution in [0.2, 0.25) is 0 Å². The SMILES string of the molecule is O=C(Nc1ccc2[nH]nc(-c3cnn(C(F)F)c3)c2c1)c1cccc(F)c1C(F)(F)F. The largest absolute Gasteiger partial charge is 0.420 e. The fourth-order valence-electron chi connectivity index (χ4n) is 3.08. The molecule has 2 N–H and O–H groups in total. The lowest BCUT2D eigenvalue weighted by atomic mass is 10.1. The van der Waals surface area contributed by atoms with Crippen LogP contribution >= 0.6 is 0 Å². The third kappa shape index (κ3) is 3.83. The summed E-state index contributed by atoms with van der Waals surface area (Å²) in [6.07, 6.45) is -2.81. The number of hydrogen-bond acceptors (Lipinski definition) is 3. The summed E-state index contributed by atoms with van der Waals surface area (Å²) in [5.41, 5.74) is -1.45. The second kappa shape index (κ2) is 7.45. The highest BCUT2D eigenvalue weighted by molar-refractivity contribution is 6.07. The average molecular weight is 439 g/mol. The molecule has 0 aliphatic carbocycles. The first-order chi connectivity index (χ1) is 14.6. The van der Waals surface area contributed by atoms with Crippen molar-refractivity contribution >= 4 is 22.5 Å². The Labute approximate surface area is 169 Å². The zero-order valence-corrected chi connectivity index (χ0v) is 15.2. The first-order valence-electron chi connectivity index (χ1n) is 8.63. The third-order valence-corrected chi connectivity index (χ3v) is 4.44. The summed E-state index contributed by atoms with van der Waals surface area (Å²) < 4.78 is 79.2. The first kappa shape index (κ1) is 20.4. The van der Waals surface area contributed by atoms with E-state index in [0.717, 1.165) is 18.3 Å². The number of nitrogens with one attached hydrogen (secondary N) is 2. The van der Waals surface area contributed by atoms with E-state index in [1.165, 1.54) is 24.4 Å². The second-order valence-corrected chi connectivity index (χ2v) is 6.43. The van der Waals surface area contributed by atoms with Crippen LogP contribution in [0.25, 0.3) is 22.2 Å². The van der Waals surface area contributed by atoms with Crippen LogP contribution in [-0.2, 0) is 6.18 Å². The van der Waals surface area contributed by atoms with Crippen LogP contribution in [0.15, 0.2) is 48.8 Å². The minimum atomic E-state index is -5.06. The van der Waals surface area contributed by atoms with E-state index in [1.54, 1.807) is 0 Å². The van der Waals surface area contributed by atoms with Gasteiger partial charge >= 0.3 is 12.7 Å². The van der Waals surface area contributed by atoms with Crippen molar-refractivity contribution in [1.82, 2.24) is 20.0 Å². The van der Waals surface area contributed by atoms with Gasteiger partial charge in [0, 0.05) is 22.8 Å². The summed E-state index contributed by atoms with van der Waals surface area (Å²) in [5, 5.41) is 13.0. The van der Waals surface area contributed by atoms with Crippen molar-refractivity contribution in [3.05, 3.63) is 65.7 Å². The maximum Gasteiger partial charge on any atom is 0.420 e. The van der Waals surface area contributed by atoms with Gasteiger partial charge in [-0.25, -0.2) is 9.07 Å². The molecule has 0 spiro atoms. The van der Waals surface area contributed by atoms with E-state index in [2.05, 4.69) is 20.6 Å². The number of amides is 1. The van der Waals surface area contributed by atoms with Crippen molar-refractivity contribution in [2.24, 2.45) is 0 Å². The van der Waals surface area contributed by atoms with Crippen molar-refractivity contribution in [2.75, 3.05) is 5.32 Å². The van der Waals surface area contributed by atoms with Gasteiger partial charge in [-0.3, -0.25) is 9.89 Å². The van der Waals surface area contributed by atoms with Crippen LogP contribution in [0.5, 0.6) is 0 Å². The van der Waals surface area contributed by atoms with Crippen LogP contribution < -0.4 is 5.32 Å². The number of rotatable bonds is 4. The molecule has 31 heavy (non-hydrogen) atoms. The topological polar surface area (TPSA) is 75.6 Å². The van der Waals surface area contributed by atoms with Gasteiger partial charge in [0.25, 0.3) is 5.91 Å². The van der Waals surface area contributed by atoms with Gasteiger partial charge in [-0.15, -0.1) is 0 Å². The first-order valence-corrected chi connectivity index (χ1v) is 8.63. The number of carbonyl (C=O) groups excluding carboxylic acids is 1. The molecule has 12 heteroatoms. The molecule has 1 amide bonds. The van der Waals surface area contributed by atoms with E-state index >= 15 is 0 Å². The van der Waals surface area contributed by atoms with Crippen LogP contribution in [0.1, 0.15) is 22.5 Å². The van der Waals surface area contributed by atoms with Gasteiger partial charge in [0.05, 0.1) is 17.3 Å². The molecule has 160 valence electrons. The maximum atomic E-state index is 13.7. The molecule has 4 aromatic rings. The number of nitrogens with zero attached hydrogens (tertiary/aromatic N) is 3. The Morgan fingerprint density at radius 3 is 2.61 bits per heavy atom. The summed E-state index contributed by atoms with van der Waals surface area (Å²) in [6, 6.07) is 6.77. The van der Waals surface area contributed by atoms with Gasteiger partial charge in [-0.1, -0.05) is 6.07 Å². The Bertz CT molecular complexity index is 1280. The van der Waals surface area contributed by atoms with Crippen LogP contribution in [0.3, 0.4) is 0 Å². The molecule has 0 unspecified atom stereocenters. The van der Waals surface area contributed by atoms with Gasteiger partial charge < -0.3 is 5.32 Å². The molecule has 0 atom stereocenters. The number of carbonyl (C=O) groups is 1. The maximum absolute atomic E-state index is 13.7. The van der Waals surface area contributed by atoms with E-state index in [0.29, 0.717) is 21.7 Å². The van der Waals surface area contributed by atoms with E-state index in [1.807, 2.05) is 0 Å². The highest BCUT2D eigenvalue weighted by atomic mass is 19.4. The predicted molar refractivity (Wildman–Crippen MR) is 97.9 cm³/mol. The van der Waals surface area contributed by atoms with Gasteiger partial charge in [-0.05, 0) is 30.3 Å². The van der Waals surface area contributed by atoms with E-state index < -0.39 is 35.6 Å². The highest BCUT2D eigenvalue weighted by Crippen LogP contribution is 2.35. The number of H-pyrrole nitrogens is 1. The quantitative estimate of drug-likeness (QED) is 0.428. The monoisotopic (exact) mass is 439 g/mol. The van der Waals surface area contributed by atoms with Crippen molar-refractivity contribution < 1.29 is 31.1 Å². The van der Waals surface area contributed by atoms with Crippen LogP contribution in [0.4, 0.5) is 32.0 Å². The van der Waals surface area contributed by atoms with Crippen LogP contribution in [0, 0.1) is 5.82 Å². The van der Waals surface area contributed by atoms with Gasteiger partial charge in [0.2, 0.25) is 0 Å². The van der Waals surface area contributed by atoms with Crippen molar-refractivity contribution in [2.45, 2.75) is 12.7 Å². The summed E-state index contributed by atoms with van der Waals surface area (Å²) in [4.78, 5) is 12.4. The lowest BCUT2D eigenvalue weighted by molar-refractivity contribution is -0.140. The zero-order chi connectivity index (χ0) is 22.3. The number of hydrogen-bond donors (Lipinski definition) is 2. The Morgan fingerprint density at radius 1 is 1.16 bits per heavy atom. The van der Waals surface area contributed by atoms with E-state index in [9.17, 15) is 31.1 Å². The highest BCUT2D eigenvalue weighted by Gasteiger charge is 2.38. The molecule has 0 fully saturated rings. The zero-order valence-electron chi connectivity index (χ0n) is 15.2. The average Bonchev–Trinajstić information content (AvgIpc) is 3.33. The molecule has 0 radical (unpaired) electrons. The molecule has 4 rings (SSSR count). The third-order valence-electron chi connectivity index (χ3n) is 4.44. The fraction of sp³-hybridized carbons (Fsp3) is 0.105. The summed E-state index contributed by atoms with van der Waals surface area (Å²) >= 11 is 0. The van der Waals surface area contributed by atoms with Crippen molar-refractivity contribution in [1.29, 1.82) is 0 Å². The number of aromatic nitrogens is 4. The smallest absolute Gasteiger partial charge is 0.322 e. The fourth-order valence-corrected chi connectivity index (χ4v) is 3.08. The molecule has 2 aromatic carbocycles. The lowest BCUT2D eigenvalue weighted by Gasteiger charge is -2.13. The Hall–Kier alpha value is -3.83. The molecule has 0 aliphatic heterocycles. The van der Waals surface area contributed by atoms with Gasteiger partial charge in [0.15, 0.2) is 0 Å². The van der Waals surface area contributed by atoms with Gasteiger partial charge in [0.1, 0.15) is 17.1 Å².